The second-order valence-corrected chi connectivity index (χ2v) is 7.44. The topological polar surface area (TPSA) is 66.2 Å². The van der Waals surface area contributed by atoms with Gasteiger partial charge in [0.2, 0.25) is 0 Å². The zero-order valence-electron chi connectivity index (χ0n) is 16.8. The van der Waals surface area contributed by atoms with Crippen LogP contribution >= 0.6 is 0 Å². The molecule has 0 saturated carbocycles. The van der Waals surface area contributed by atoms with Crippen LogP contribution in [-0.4, -0.2) is 60.6 Å². The normalized spacial score (nSPS) is 16.2. The number of amides is 1. The molecule has 1 atom stereocenters. The number of carbonyl (C=O) groups is 1. The Labute approximate surface area is 170 Å². The zero-order valence-corrected chi connectivity index (χ0v) is 16.8. The number of aliphatic hydroxyl groups excluding tert-OH is 1. The van der Waals surface area contributed by atoms with Crippen molar-refractivity contribution in [1.82, 2.24) is 9.80 Å². The number of aliphatic hydroxyl groups is 1. The summed E-state index contributed by atoms with van der Waals surface area (Å²) >= 11 is 0. The summed E-state index contributed by atoms with van der Waals surface area (Å²) in [6.07, 6.45) is -0.522. The minimum atomic E-state index is -0.522. The Hall–Kier alpha value is -2.83. The average molecular weight is 394 g/mol. The molecule has 1 aliphatic rings. The smallest absolute Gasteiger partial charge is 0.289 e. The Bertz CT molecular complexity index is 991. The van der Waals surface area contributed by atoms with Crippen molar-refractivity contribution in [3.05, 3.63) is 65.4 Å². The number of piperazine rings is 1. The number of furan rings is 1. The van der Waals surface area contributed by atoms with Gasteiger partial charge in [0.05, 0.1) is 13.2 Å². The van der Waals surface area contributed by atoms with Crippen LogP contribution in [0.1, 0.15) is 27.8 Å². The molecule has 6 heteroatoms. The Morgan fingerprint density at radius 3 is 2.55 bits per heavy atom. The lowest BCUT2D eigenvalue weighted by atomic mass is 10.1. The molecule has 1 N–H and O–H groups in total. The van der Waals surface area contributed by atoms with E-state index in [0.29, 0.717) is 31.0 Å². The quantitative estimate of drug-likeness (QED) is 0.720. The van der Waals surface area contributed by atoms with Crippen molar-refractivity contribution in [1.29, 1.82) is 0 Å². The molecule has 0 aliphatic carbocycles. The number of benzene rings is 2. The lowest BCUT2D eigenvalue weighted by molar-refractivity contribution is 0.0504. The maximum absolute atomic E-state index is 13.0. The maximum atomic E-state index is 13.0. The second-order valence-electron chi connectivity index (χ2n) is 7.44. The monoisotopic (exact) mass is 394 g/mol. The fraction of sp³-hybridized carbons (Fsp3) is 0.348. The molecule has 1 aromatic heterocycles. The highest BCUT2D eigenvalue weighted by Gasteiger charge is 2.27. The van der Waals surface area contributed by atoms with Crippen molar-refractivity contribution >= 4 is 16.9 Å². The second kappa shape index (κ2) is 8.27. The molecule has 1 saturated heterocycles. The van der Waals surface area contributed by atoms with Crippen LogP contribution in [0.5, 0.6) is 5.75 Å². The first-order chi connectivity index (χ1) is 14.1. The fourth-order valence-corrected chi connectivity index (χ4v) is 3.83. The first kappa shape index (κ1) is 19.5. The van der Waals surface area contributed by atoms with E-state index in [-0.39, 0.29) is 5.91 Å². The Morgan fingerprint density at radius 2 is 1.86 bits per heavy atom. The van der Waals surface area contributed by atoms with Gasteiger partial charge in [-0.15, -0.1) is 0 Å². The lowest BCUT2D eigenvalue weighted by Crippen LogP contribution is -2.49. The minimum Gasteiger partial charge on any atom is -0.497 e. The minimum absolute atomic E-state index is 0.0825. The molecule has 152 valence electrons. The molecule has 2 aromatic carbocycles. The molecular weight excluding hydrogens is 368 g/mol. The lowest BCUT2D eigenvalue weighted by Gasteiger charge is -2.35. The molecule has 0 bridgehead atoms. The molecule has 2 heterocycles. The van der Waals surface area contributed by atoms with E-state index in [9.17, 15) is 9.90 Å². The number of β-amino-alcohol motifs (C(OH)–C–C–N with tert-alkyl or cyclic N) is 1. The van der Waals surface area contributed by atoms with Gasteiger partial charge in [0.1, 0.15) is 11.3 Å². The number of carbonyl (C=O) groups excluding carboxylic acids is 1. The van der Waals surface area contributed by atoms with Crippen LogP contribution in [0.2, 0.25) is 0 Å². The van der Waals surface area contributed by atoms with E-state index < -0.39 is 6.10 Å². The van der Waals surface area contributed by atoms with Crippen molar-refractivity contribution in [2.75, 3.05) is 39.8 Å². The van der Waals surface area contributed by atoms with Crippen molar-refractivity contribution in [3.63, 3.8) is 0 Å². The van der Waals surface area contributed by atoms with Gasteiger partial charge < -0.3 is 19.2 Å². The number of ether oxygens (including phenoxy) is 1. The summed E-state index contributed by atoms with van der Waals surface area (Å²) in [7, 11) is 1.62. The summed E-state index contributed by atoms with van der Waals surface area (Å²) < 4.78 is 11.1. The standard InChI is InChI=1S/C23H26N2O4/c1-16-19-14-18(28-2)8-9-21(19)29-22(16)23(27)25-12-10-24(11-13-25)15-20(26)17-6-4-3-5-7-17/h3-9,14,20,26H,10-13,15H2,1-2H3. The van der Waals surface area contributed by atoms with E-state index in [4.69, 9.17) is 9.15 Å². The van der Waals surface area contributed by atoms with Crippen LogP contribution in [0, 0.1) is 6.92 Å². The molecule has 0 radical (unpaired) electrons. The molecule has 0 spiro atoms. The number of fused-ring (bicyclic) bond motifs is 1. The summed E-state index contributed by atoms with van der Waals surface area (Å²) in [4.78, 5) is 17.0. The number of aryl methyl sites for hydroxylation is 1. The molecular formula is C23H26N2O4. The van der Waals surface area contributed by atoms with E-state index in [2.05, 4.69) is 4.90 Å². The third-order valence-electron chi connectivity index (χ3n) is 5.61. The van der Waals surface area contributed by atoms with Crippen LogP contribution in [-0.2, 0) is 0 Å². The summed E-state index contributed by atoms with van der Waals surface area (Å²) in [5.41, 5.74) is 2.45. The number of nitrogens with zero attached hydrogens (tertiary/aromatic N) is 2. The van der Waals surface area contributed by atoms with Crippen LogP contribution in [0.3, 0.4) is 0 Å². The first-order valence-electron chi connectivity index (χ1n) is 9.88. The number of hydrogen-bond acceptors (Lipinski definition) is 5. The van der Waals surface area contributed by atoms with Gasteiger partial charge in [-0.05, 0) is 30.7 Å². The van der Waals surface area contributed by atoms with E-state index in [1.165, 1.54) is 0 Å². The van der Waals surface area contributed by atoms with Gasteiger partial charge in [0, 0.05) is 43.7 Å². The van der Waals surface area contributed by atoms with Crippen LogP contribution in [0.25, 0.3) is 11.0 Å². The molecule has 1 unspecified atom stereocenters. The summed E-state index contributed by atoms with van der Waals surface area (Å²) in [5.74, 6) is 1.05. The third-order valence-corrected chi connectivity index (χ3v) is 5.61. The number of methoxy groups -OCH3 is 1. The van der Waals surface area contributed by atoms with Crippen LogP contribution in [0.15, 0.2) is 52.9 Å². The largest absolute Gasteiger partial charge is 0.497 e. The fourth-order valence-electron chi connectivity index (χ4n) is 3.83. The van der Waals surface area contributed by atoms with Crippen LogP contribution in [0.4, 0.5) is 0 Å². The van der Waals surface area contributed by atoms with E-state index in [1.807, 2.05) is 60.4 Å². The van der Waals surface area contributed by atoms with Crippen molar-refractivity contribution in [2.45, 2.75) is 13.0 Å². The predicted octanol–water partition coefficient (Wildman–Crippen LogP) is 3.24. The highest BCUT2D eigenvalue weighted by atomic mass is 16.5. The molecule has 1 fully saturated rings. The maximum Gasteiger partial charge on any atom is 0.289 e. The van der Waals surface area contributed by atoms with Gasteiger partial charge in [0.25, 0.3) is 5.91 Å². The van der Waals surface area contributed by atoms with E-state index >= 15 is 0 Å². The molecule has 4 rings (SSSR count). The Morgan fingerprint density at radius 1 is 1.14 bits per heavy atom. The van der Waals surface area contributed by atoms with E-state index in [1.54, 1.807) is 7.11 Å². The SMILES string of the molecule is COc1ccc2oc(C(=O)N3CCN(CC(O)c4ccccc4)CC3)c(C)c2c1. The van der Waals surface area contributed by atoms with E-state index in [0.717, 1.165) is 35.4 Å². The number of hydrogen-bond donors (Lipinski definition) is 1. The number of rotatable bonds is 5. The molecule has 6 nitrogen and oxygen atoms in total. The van der Waals surface area contributed by atoms with Gasteiger partial charge in [-0.3, -0.25) is 9.69 Å². The molecule has 1 amide bonds. The zero-order chi connectivity index (χ0) is 20.4. The Kier molecular flexibility index (Phi) is 5.56. The van der Waals surface area contributed by atoms with Gasteiger partial charge in [-0.25, -0.2) is 0 Å². The van der Waals surface area contributed by atoms with Gasteiger partial charge in [-0.2, -0.15) is 0 Å². The van der Waals surface area contributed by atoms with Gasteiger partial charge in [0.15, 0.2) is 5.76 Å². The molecule has 1 aliphatic heterocycles. The van der Waals surface area contributed by atoms with Crippen molar-refractivity contribution in [3.8, 4) is 5.75 Å². The van der Waals surface area contributed by atoms with Crippen molar-refractivity contribution in [2.24, 2.45) is 0 Å². The summed E-state index contributed by atoms with van der Waals surface area (Å²) in [6.45, 7) is 5.15. The first-order valence-corrected chi connectivity index (χ1v) is 9.88. The molecule has 29 heavy (non-hydrogen) atoms. The predicted molar refractivity (Wildman–Crippen MR) is 111 cm³/mol. The highest BCUT2D eigenvalue weighted by molar-refractivity contribution is 5.99. The van der Waals surface area contributed by atoms with Crippen LogP contribution < -0.4 is 4.74 Å². The summed E-state index contributed by atoms with van der Waals surface area (Å²) in [5, 5.41) is 11.3. The third kappa shape index (κ3) is 3.99. The summed E-state index contributed by atoms with van der Waals surface area (Å²) in [6, 6.07) is 15.2. The Balaban J connectivity index is 1.40. The van der Waals surface area contributed by atoms with Gasteiger partial charge >= 0.3 is 0 Å². The van der Waals surface area contributed by atoms with Gasteiger partial charge in [-0.1, -0.05) is 30.3 Å². The highest BCUT2D eigenvalue weighted by Crippen LogP contribution is 2.29. The average Bonchev–Trinajstić information content (AvgIpc) is 3.10. The molecule has 3 aromatic rings. The van der Waals surface area contributed by atoms with Crippen molar-refractivity contribution < 1.29 is 19.1 Å².